The Hall–Kier alpha value is -1.38. The Morgan fingerprint density at radius 1 is 1.50 bits per heavy atom. The van der Waals surface area contributed by atoms with Gasteiger partial charge >= 0.3 is 0 Å². The molecular formula is C9H12N2O. The third-order valence-corrected chi connectivity index (χ3v) is 1.38. The van der Waals surface area contributed by atoms with E-state index in [1.54, 1.807) is 6.20 Å². The maximum absolute atomic E-state index is 6.79. The van der Waals surface area contributed by atoms with Gasteiger partial charge in [0, 0.05) is 12.3 Å². The first-order valence-corrected chi connectivity index (χ1v) is 3.96. The van der Waals surface area contributed by atoms with Crippen molar-refractivity contribution in [2.24, 2.45) is 0 Å². The lowest BCUT2D eigenvalue weighted by Gasteiger charge is -2.01. The third-order valence-electron chi connectivity index (χ3n) is 1.38. The van der Waals surface area contributed by atoms with Gasteiger partial charge in [-0.1, -0.05) is 6.07 Å². The first kappa shape index (κ1) is 8.71. The van der Waals surface area contributed by atoms with Crippen LogP contribution in [0, 0.1) is 5.41 Å². The van der Waals surface area contributed by atoms with Crippen molar-refractivity contribution in [1.82, 2.24) is 4.98 Å². The van der Waals surface area contributed by atoms with Crippen LogP contribution >= 0.6 is 0 Å². The fraction of sp³-hybridized carbons (Fsp3) is 0.333. The fourth-order valence-corrected chi connectivity index (χ4v) is 0.795. The minimum Gasteiger partial charge on any atom is -0.478 e. The fourth-order valence-electron chi connectivity index (χ4n) is 0.795. The Labute approximate surface area is 71.9 Å². The van der Waals surface area contributed by atoms with Crippen molar-refractivity contribution in [2.75, 3.05) is 6.61 Å². The van der Waals surface area contributed by atoms with Gasteiger partial charge in [0.25, 0.3) is 0 Å². The molecule has 0 aliphatic carbocycles. The van der Waals surface area contributed by atoms with Crippen LogP contribution in [0.4, 0.5) is 0 Å². The summed E-state index contributed by atoms with van der Waals surface area (Å²) < 4.78 is 5.29. The highest BCUT2D eigenvalue weighted by Gasteiger charge is 1.90. The Bertz CT molecular complexity index is 223. The molecule has 0 amide bonds. The summed E-state index contributed by atoms with van der Waals surface area (Å²) in [6.07, 6.45) is 4.74. The summed E-state index contributed by atoms with van der Waals surface area (Å²) >= 11 is 0. The van der Waals surface area contributed by atoms with Crippen LogP contribution in [0.5, 0.6) is 5.88 Å². The van der Waals surface area contributed by atoms with Crippen molar-refractivity contribution >= 4 is 6.21 Å². The topological polar surface area (TPSA) is 46.0 Å². The second kappa shape index (κ2) is 5.29. The third kappa shape index (κ3) is 3.14. The number of ether oxygens (including phenoxy) is 1. The van der Waals surface area contributed by atoms with E-state index in [1.807, 2.05) is 18.2 Å². The van der Waals surface area contributed by atoms with E-state index in [-0.39, 0.29) is 0 Å². The summed E-state index contributed by atoms with van der Waals surface area (Å²) in [4.78, 5) is 4.00. The molecule has 0 saturated carbocycles. The van der Waals surface area contributed by atoms with E-state index in [4.69, 9.17) is 10.1 Å². The zero-order chi connectivity index (χ0) is 8.65. The minimum atomic E-state index is 0.631. The molecule has 3 nitrogen and oxygen atoms in total. The number of aromatic nitrogens is 1. The van der Waals surface area contributed by atoms with E-state index in [0.29, 0.717) is 12.5 Å². The zero-order valence-corrected chi connectivity index (χ0v) is 6.86. The quantitative estimate of drug-likeness (QED) is 0.533. The standard InChI is InChI=1S/C9H12N2O/c10-6-2-4-8-12-9-5-1-3-7-11-9/h1,3,5-7,10H,2,4,8H2. The van der Waals surface area contributed by atoms with E-state index >= 15 is 0 Å². The smallest absolute Gasteiger partial charge is 0.213 e. The zero-order valence-electron chi connectivity index (χ0n) is 6.86. The maximum Gasteiger partial charge on any atom is 0.213 e. The molecule has 1 rings (SSSR count). The van der Waals surface area contributed by atoms with Crippen molar-refractivity contribution in [2.45, 2.75) is 12.8 Å². The van der Waals surface area contributed by atoms with Gasteiger partial charge in [-0.3, -0.25) is 0 Å². The molecule has 0 aliphatic heterocycles. The maximum atomic E-state index is 6.79. The van der Waals surface area contributed by atoms with Crippen LogP contribution in [-0.4, -0.2) is 17.8 Å². The number of pyridine rings is 1. The summed E-state index contributed by atoms with van der Waals surface area (Å²) in [6, 6.07) is 5.56. The van der Waals surface area contributed by atoms with Gasteiger partial charge in [-0.05, 0) is 25.1 Å². The monoisotopic (exact) mass is 164 g/mol. The molecule has 0 aromatic carbocycles. The summed E-state index contributed by atoms with van der Waals surface area (Å²) in [7, 11) is 0. The van der Waals surface area contributed by atoms with Gasteiger partial charge in [0.1, 0.15) is 0 Å². The average molecular weight is 164 g/mol. The number of hydrogen-bond acceptors (Lipinski definition) is 3. The largest absolute Gasteiger partial charge is 0.478 e. The van der Waals surface area contributed by atoms with E-state index in [1.165, 1.54) is 6.21 Å². The van der Waals surface area contributed by atoms with Crippen LogP contribution < -0.4 is 4.74 Å². The van der Waals surface area contributed by atoms with Crippen molar-refractivity contribution in [1.29, 1.82) is 5.41 Å². The van der Waals surface area contributed by atoms with Crippen LogP contribution in [0.2, 0.25) is 0 Å². The lowest BCUT2D eigenvalue weighted by Crippen LogP contribution is -1.98. The Balaban J connectivity index is 2.20. The molecule has 0 bridgehead atoms. The second-order valence-electron chi connectivity index (χ2n) is 2.36. The van der Waals surface area contributed by atoms with Crippen LogP contribution in [0.25, 0.3) is 0 Å². The molecular weight excluding hydrogens is 152 g/mol. The van der Waals surface area contributed by atoms with E-state index in [2.05, 4.69) is 4.98 Å². The molecule has 1 aromatic rings. The highest BCUT2D eigenvalue weighted by molar-refractivity contribution is 5.52. The van der Waals surface area contributed by atoms with E-state index in [0.717, 1.165) is 12.8 Å². The molecule has 0 saturated heterocycles. The summed E-state index contributed by atoms with van der Waals surface area (Å²) in [5, 5.41) is 6.79. The van der Waals surface area contributed by atoms with Crippen LogP contribution in [-0.2, 0) is 0 Å². The number of unbranched alkanes of at least 4 members (excludes halogenated alkanes) is 1. The highest BCUT2D eigenvalue weighted by Crippen LogP contribution is 2.03. The van der Waals surface area contributed by atoms with E-state index in [9.17, 15) is 0 Å². The summed E-state index contributed by atoms with van der Waals surface area (Å²) in [6.45, 7) is 0.631. The molecule has 64 valence electrons. The minimum absolute atomic E-state index is 0.631. The molecule has 1 N–H and O–H groups in total. The summed E-state index contributed by atoms with van der Waals surface area (Å²) in [5.41, 5.74) is 0. The van der Waals surface area contributed by atoms with Crippen molar-refractivity contribution < 1.29 is 4.74 Å². The van der Waals surface area contributed by atoms with Gasteiger partial charge in [0.2, 0.25) is 5.88 Å². The van der Waals surface area contributed by atoms with Gasteiger partial charge in [-0.2, -0.15) is 0 Å². The highest BCUT2D eigenvalue weighted by atomic mass is 16.5. The van der Waals surface area contributed by atoms with Gasteiger partial charge in [0.15, 0.2) is 0 Å². The molecule has 0 radical (unpaired) electrons. The van der Waals surface area contributed by atoms with Gasteiger partial charge in [-0.25, -0.2) is 4.98 Å². The lowest BCUT2D eigenvalue weighted by molar-refractivity contribution is 0.302. The number of nitrogens with one attached hydrogen (secondary N) is 1. The molecule has 12 heavy (non-hydrogen) atoms. The predicted molar refractivity (Wildman–Crippen MR) is 47.7 cm³/mol. The Kier molecular flexibility index (Phi) is 3.84. The SMILES string of the molecule is N=CCCCOc1ccccn1. The average Bonchev–Trinajstić information content (AvgIpc) is 2.14. The van der Waals surface area contributed by atoms with Crippen molar-refractivity contribution in [3.05, 3.63) is 24.4 Å². The predicted octanol–water partition coefficient (Wildman–Crippen LogP) is 1.89. The van der Waals surface area contributed by atoms with Crippen molar-refractivity contribution in [3.8, 4) is 5.88 Å². The second-order valence-corrected chi connectivity index (χ2v) is 2.36. The van der Waals surface area contributed by atoms with Gasteiger partial charge in [0.05, 0.1) is 6.61 Å². The molecule has 1 aromatic heterocycles. The number of rotatable bonds is 5. The number of nitrogens with zero attached hydrogens (tertiary/aromatic N) is 1. The van der Waals surface area contributed by atoms with E-state index < -0.39 is 0 Å². The Morgan fingerprint density at radius 2 is 2.42 bits per heavy atom. The van der Waals surface area contributed by atoms with Crippen LogP contribution in [0.15, 0.2) is 24.4 Å². The van der Waals surface area contributed by atoms with Crippen LogP contribution in [0.3, 0.4) is 0 Å². The molecule has 0 atom stereocenters. The first-order chi connectivity index (χ1) is 5.93. The normalized spacial score (nSPS) is 9.33. The van der Waals surface area contributed by atoms with Crippen LogP contribution in [0.1, 0.15) is 12.8 Å². The molecule has 0 fully saturated rings. The van der Waals surface area contributed by atoms with Gasteiger partial charge in [-0.15, -0.1) is 0 Å². The molecule has 0 spiro atoms. The molecule has 3 heteroatoms. The Morgan fingerprint density at radius 3 is 3.08 bits per heavy atom. The number of hydrogen-bond donors (Lipinski definition) is 1. The van der Waals surface area contributed by atoms with Crippen molar-refractivity contribution in [3.63, 3.8) is 0 Å². The molecule has 1 heterocycles. The van der Waals surface area contributed by atoms with Gasteiger partial charge < -0.3 is 10.1 Å². The molecule has 0 aliphatic rings. The first-order valence-electron chi connectivity index (χ1n) is 3.96. The lowest BCUT2D eigenvalue weighted by atomic mass is 10.3. The summed E-state index contributed by atoms with van der Waals surface area (Å²) in [5.74, 6) is 0.655. The molecule has 0 unspecified atom stereocenters.